The molecule has 98 valence electrons. The van der Waals surface area contributed by atoms with Crippen molar-refractivity contribution in [2.24, 2.45) is 0 Å². The maximum absolute atomic E-state index is 10.8. The van der Waals surface area contributed by atoms with E-state index in [0.717, 1.165) is 16.8 Å². The van der Waals surface area contributed by atoms with Crippen LogP contribution in [0.1, 0.15) is 11.1 Å². The number of para-hydroxylation sites is 1. The average molecular weight is 257 g/mol. The summed E-state index contributed by atoms with van der Waals surface area (Å²) in [5, 5.41) is 13.9. The molecular formula is C14H15N3O2. The van der Waals surface area contributed by atoms with Crippen LogP contribution in [0.3, 0.4) is 0 Å². The summed E-state index contributed by atoms with van der Waals surface area (Å²) in [7, 11) is 0. The first kappa shape index (κ1) is 12.9. The Balaban J connectivity index is 2.17. The summed E-state index contributed by atoms with van der Waals surface area (Å²) in [4.78, 5) is 10.3. The minimum absolute atomic E-state index is 0.0779. The second-order valence-corrected chi connectivity index (χ2v) is 4.31. The number of nitrogens with zero attached hydrogens (tertiary/aromatic N) is 1. The first-order chi connectivity index (χ1) is 9.08. The van der Waals surface area contributed by atoms with Crippen LogP contribution in [0.15, 0.2) is 42.5 Å². The molecule has 0 aliphatic heterocycles. The second-order valence-electron chi connectivity index (χ2n) is 4.31. The highest BCUT2D eigenvalue weighted by Crippen LogP contribution is 2.23. The van der Waals surface area contributed by atoms with Gasteiger partial charge in [-0.05, 0) is 24.1 Å². The zero-order chi connectivity index (χ0) is 13.8. The lowest BCUT2D eigenvalue weighted by molar-refractivity contribution is -0.384. The summed E-state index contributed by atoms with van der Waals surface area (Å²) in [5.74, 6) is 0. The molecule has 0 heterocycles. The molecule has 0 aromatic heterocycles. The highest BCUT2D eigenvalue weighted by molar-refractivity contribution is 5.58. The van der Waals surface area contributed by atoms with Gasteiger partial charge in [0, 0.05) is 30.1 Å². The number of hydrogen-bond acceptors (Lipinski definition) is 4. The van der Waals surface area contributed by atoms with Gasteiger partial charge in [0.05, 0.1) is 4.92 Å². The number of hydrogen-bond donors (Lipinski definition) is 2. The molecule has 19 heavy (non-hydrogen) atoms. The minimum Gasteiger partial charge on any atom is -0.398 e. The number of benzene rings is 2. The highest BCUT2D eigenvalue weighted by Gasteiger charge is 2.08. The lowest BCUT2D eigenvalue weighted by Crippen LogP contribution is -2.04. The van der Waals surface area contributed by atoms with Crippen LogP contribution in [0.2, 0.25) is 0 Å². The standard InChI is InChI=1S/C14H15N3O2/c1-10-6-7-12(17(18)19)8-14(10)16-9-11-4-2-3-5-13(11)15/h2-8,16H,9,15H2,1H3. The Morgan fingerprint density at radius 2 is 2.00 bits per heavy atom. The molecule has 0 spiro atoms. The van der Waals surface area contributed by atoms with E-state index in [1.54, 1.807) is 6.07 Å². The summed E-state index contributed by atoms with van der Waals surface area (Å²) in [6.45, 7) is 2.44. The van der Waals surface area contributed by atoms with Crippen molar-refractivity contribution in [1.29, 1.82) is 0 Å². The van der Waals surface area contributed by atoms with Gasteiger partial charge in [-0.15, -0.1) is 0 Å². The molecule has 0 amide bonds. The van der Waals surface area contributed by atoms with Gasteiger partial charge >= 0.3 is 0 Å². The number of nitro groups is 1. The Labute approximate surface area is 111 Å². The van der Waals surface area contributed by atoms with Gasteiger partial charge in [-0.1, -0.05) is 24.3 Å². The van der Waals surface area contributed by atoms with Crippen LogP contribution in [0.5, 0.6) is 0 Å². The first-order valence-electron chi connectivity index (χ1n) is 5.90. The predicted molar refractivity (Wildman–Crippen MR) is 76.0 cm³/mol. The Morgan fingerprint density at radius 1 is 1.26 bits per heavy atom. The van der Waals surface area contributed by atoms with Crippen molar-refractivity contribution in [1.82, 2.24) is 0 Å². The van der Waals surface area contributed by atoms with E-state index in [0.29, 0.717) is 12.2 Å². The molecule has 0 unspecified atom stereocenters. The zero-order valence-corrected chi connectivity index (χ0v) is 10.6. The molecule has 0 saturated carbocycles. The van der Waals surface area contributed by atoms with Crippen molar-refractivity contribution in [2.75, 3.05) is 11.1 Å². The molecule has 2 rings (SSSR count). The third-order valence-electron chi connectivity index (χ3n) is 2.96. The fourth-order valence-corrected chi connectivity index (χ4v) is 1.80. The molecule has 2 aromatic carbocycles. The number of nitrogens with one attached hydrogen (secondary N) is 1. The third-order valence-corrected chi connectivity index (χ3v) is 2.96. The van der Waals surface area contributed by atoms with E-state index < -0.39 is 4.92 Å². The van der Waals surface area contributed by atoms with Crippen LogP contribution in [0, 0.1) is 17.0 Å². The minimum atomic E-state index is -0.401. The van der Waals surface area contributed by atoms with Crippen molar-refractivity contribution in [3.63, 3.8) is 0 Å². The monoisotopic (exact) mass is 257 g/mol. The van der Waals surface area contributed by atoms with Crippen LogP contribution < -0.4 is 11.1 Å². The van der Waals surface area contributed by atoms with E-state index >= 15 is 0 Å². The van der Waals surface area contributed by atoms with E-state index in [2.05, 4.69) is 5.32 Å². The second kappa shape index (κ2) is 5.39. The molecule has 5 nitrogen and oxygen atoms in total. The van der Waals surface area contributed by atoms with Gasteiger partial charge in [-0.2, -0.15) is 0 Å². The van der Waals surface area contributed by atoms with E-state index in [-0.39, 0.29) is 5.69 Å². The van der Waals surface area contributed by atoms with Crippen molar-refractivity contribution >= 4 is 17.1 Å². The molecule has 3 N–H and O–H groups in total. The third kappa shape index (κ3) is 3.01. The number of anilines is 2. The number of aryl methyl sites for hydroxylation is 1. The topological polar surface area (TPSA) is 81.2 Å². The fourth-order valence-electron chi connectivity index (χ4n) is 1.80. The Hall–Kier alpha value is -2.56. The number of rotatable bonds is 4. The van der Waals surface area contributed by atoms with Crippen molar-refractivity contribution < 1.29 is 4.92 Å². The molecule has 0 atom stereocenters. The van der Waals surface area contributed by atoms with Crippen LogP contribution in [-0.4, -0.2) is 4.92 Å². The molecule has 0 saturated heterocycles. The molecule has 2 aromatic rings. The largest absolute Gasteiger partial charge is 0.398 e. The normalized spacial score (nSPS) is 10.2. The van der Waals surface area contributed by atoms with Gasteiger partial charge in [0.25, 0.3) is 5.69 Å². The highest BCUT2D eigenvalue weighted by atomic mass is 16.6. The first-order valence-corrected chi connectivity index (χ1v) is 5.90. The van der Waals surface area contributed by atoms with Crippen molar-refractivity contribution in [3.8, 4) is 0 Å². The molecule has 5 heteroatoms. The van der Waals surface area contributed by atoms with Gasteiger partial charge in [-0.3, -0.25) is 10.1 Å². The lowest BCUT2D eigenvalue weighted by Gasteiger charge is -2.11. The van der Waals surface area contributed by atoms with Gasteiger partial charge in [-0.25, -0.2) is 0 Å². The number of non-ortho nitro benzene ring substituents is 1. The zero-order valence-electron chi connectivity index (χ0n) is 10.6. The summed E-state index contributed by atoms with van der Waals surface area (Å²) in [5.41, 5.74) is 9.31. The lowest BCUT2D eigenvalue weighted by atomic mass is 10.1. The molecule has 0 fully saturated rings. The molecule has 0 aliphatic carbocycles. The Kier molecular flexibility index (Phi) is 3.66. The van der Waals surface area contributed by atoms with E-state index in [4.69, 9.17) is 5.73 Å². The molecule has 0 radical (unpaired) electrons. The van der Waals surface area contributed by atoms with Gasteiger partial charge in [0.2, 0.25) is 0 Å². The Morgan fingerprint density at radius 3 is 2.68 bits per heavy atom. The molecular weight excluding hydrogens is 242 g/mol. The summed E-state index contributed by atoms with van der Waals surface area (Å²) in [6.07, 6.45) is 0. The summed E-state index contributed by atoms with van der Waals surface area (Å²) < 4.78 is 0. The van der Waals surface area contributed by atoms with E-state index in [9.17, 15) is 10.1 Å². The molecule has 0 bridgehead atoms. The van der Waals surface area contributed by atoms with Gasteiger partial charge in [0.15, 0.2) is 0 Å². The number of nitrogens with two attached hydrogens (primary N) is 1. The number of nitrogen functional groups attached to an aromatic ring is 1. The maximum Gasteiger partial charge on any atom is 0.271 e. The smallest absolute Gasteiger partial charge is 0.271 e. The van der Waals surface area contributed by atoms with Gasteiger partial charge < -0.3 is 11.1 Å². The van der Waals surface area contributed by atoms with Crippen LogP contribution >= 0.6 is 0 Å². The quantitative estimate of drug-likeness (QED) is 0.501. The van der Waals surface area contributed by atoms with Crippen LogP contribution in [-0.2, 0) is 6.54 Å². The predicted octanol–water partition coefficient (Wildman–Crippen LogP) is 3.10. The van der Waals surface area contributed by atoms with Crippen LogP contribution in [0.25, 0.3) is 0 Å². The van der Waals surface area contributed by atoms with E-state index in [1.807, 2.05) is 31.2 Å². The molecule has 0 aliphatic rings. The average Bonchev–Trinajstić information content (AvgIpc) is 2.39. The summed E-state index contributed by atoms with van der Waals surface area (Å²) in [6, 6.07) is 12.3. The van der Waals surface area contributed by atoms with Crippen molar-refractivity contribution in [3.05, 3.63) is 63.7 Å². The summed E-state index contributed by atoms with van der Waals surface area (Å²) >= 11 is 0. The number of nitro benzene ring substituents is 1. The van der Waals surface area contributed by atoms with Crippen LogP contribution in [0.4, 0.5) is 17.1 Å². The van der Waals surface area contributed by atoms with Crippen molar-refractivity contribution in [2.45, 2.75) is 13.5 Å². The van der Waals surface area contributed by atoms with Gasteiger partial charge in [0.1, 0.15) is 0 Å². The maximum atomic E-state index is 10.8. The Bertz CT molecular complexity index is 611. The van der Waals surface area contributed by atoms with E-state index in [1.165, 1.54) is 12.1 Å². The SMILES string of the molecule is Cc1ccc([N+](=O)[O-])cc1NCc1ccccc1N. The fraction of sp³-hybridized carbons (Fsp3) is 0.143.